The van der Waals surface area contributed by atoms with E-state index < -0.39 is 11.7 Å². The van der Waals surface area contributed by atoms with E-state index in [1.165, 1.54) is 6.20 Å². The van der Waals surface area contributed by atoms with Gasteiger partial charge < -0.3 is 5.32 Å². The summed E-state index contributed by atoms with van der Waals surface area (Å²) < 4.78 is 12.9. The Hall–Kier alpha value is -2.74. The van der Waals surface area contributed by atoms with E-state index >= 15 is 0 Å². The van der Waals surface area contributed by atoms with E-state index in [1.54, 1.807) is 24.3 Å². The molecule has 1 N–H and O–H groups in total. The Bertz CT molecular complexity index is 617. The monoisotopic (exact) mass is 241 g/mol. The Morgan fingerprint density at radius 2 is 2.00 bits per heavy atom. The number of carbonyl (C=O) groups is 1. The molecule has 0 radical (unpaired) electrons. The fraction of sp³-hybridized carbons (Fsp3) is 0. The number of benzene rings is 1. The first kappa shape index (κ1) is 11.7. The van der Waals surface area contributed by atoms with Gasteiger partial charge in [0.2, 0.25) is 0 Å². The molecule has 0 unspecified atom stereocenters. The minimum absolute atomic E-state index is 0.138. The summed E-state index contributed by atoms with van der Waals surface area (Å²) in [7, 11) is 0. The zero-order valence-corrected chi connectivity index (χ0v) is 9.22. The predicted octanol–water partition coefficient (Wildman–Crippen LogP) is 2.34. The summed E-state index contributed by atoms with van der Waals surface area (Å²) in [6, 6.07) is 9.44. The van der Waals surface area contributed by atoms with Gasteiger partial charge in [-0.2, -0.15) is 5.26 Å². The van der Waals surface area contributed by atoms with Crippen molar-refractivity contribution in [2.45, 2.75) is 0 Å². The molecule has 2 aromatic rings. The molecular weight excluding hydrogens is 233 g/mol. The molecule has 0 saturated heterocycles. The summed E-state index contributed by atoms with van der Waals surface area (Å²) in [6.07, 6.45) is 2.31. The van der Waals surface area contributed by atoms with Gasteiger partial charge in [-0.05, 0) is 30.3 Å². The smallest absolute Gasteiger partial charge is 0.257 e. The predicted molar refractivity (Wildman–Crippen MR) is 63.3 cm³/mol. The van der Waals surface area contributed by atoms with Gasteiger partial charge >= 0.3 is 0 Å². The first-order valence-electron chi connectivity index (χ1n) is 5.11. The molecule has 0 saturated carbocycles. The minimum atomic E-state index is -0.567. The highest BCUT2D eigenvalue weighted by Gasteiger charge is 2.07. The molecule has 0 atom stereocenters. The molecular formula is C13H8FN3O. The van der Waals surface area contributed by atoms with Gasteiger partial charge in [0.1, 0.15) is 5.82 Å². The Morgan fingerprint density at radius 1 is 1.28 bits per heavy atom. The van der Waals surface area contributed by atoms with Crippen LogP contribution in [0.4, 0.5) is 10.1 Å². The second-order valence-corrected chi connectivity index (χ2v) is 3.54. The number of amides is 1. The van der Waals surface area contributed by atoms with Gasteiger partial charge in [-0.3, -0.25) is 9.78 Å². The lowest BCUT2D eigenvalue weighted by Gasteiger charge is -2.04. The maximum atomic E-state index is 12.9. The highest BCUT2D eigenvalue weighted by Crippen LogP contribution is 2.11. The standard InChI is InChI=1S/C13H8FN3O/c14-11-5-10(7-16-8-11)13(18)17-12-3-1-9(6-15)2-4-12/h1-5,7-8H,(H,17,18). The number of nitrogens with one attached hydrogen (secondary N) is 1. The summed E-state index contributed by atoms with van der Waals surface area (Å²) in [6.45, 7) is 0. The molecule has 0 aliphatic carbocycles. The fourth-order valence-electron chi connectivity index (χ4n) is 1.37. The van der Waals surface area contributed by atoms with E-state index in [-0.39, 0.29) is 5.56 Å². The number of rotatable bonds is 2. The average Bonchev–Trinajstić information content (AvgIpc) is 2.39. The second kappa shape index (κ2) is 5.06. The molecule has 18 heavy (non-hydrogen) atoms. The van der Waals surface area contributed by atoms with Crippen LogP contribution >= 0.6 is 0 Å². The van der Waals surface area contributed by atoms with Crippen LogP contribution in [0.3, 0.4) is 0 Å². The number of carbonyl (C=O) groups excluding carboxylic acids is 1. The first-order valence-corrected chi connectivity index (χ1v) is 5.11. The number of anilines is 1. The van der Waals surface area contributed by atoms with Gasteiger partial charge in [0.25, 0.3) is 5.91 Å². The zero-order chi connectivity index (χ0) is 13.0. The van der Waals surface area contributed by atoms with Crippen molar-refractivity contribution in [2.24, 2.45) is 0 Å². The van der Waals surface area contributed by atoms with Crippen molar-refractivity contribution in [3.05, 3.63) is 59.7 Å². The summed E-state index contributed by atoms with van der Waals surface area (Å²) in [5.74, 6) is -1.02. The van der Waals surface area contributed by atoms with Crippen molar-refractivity contribution in [3.8, 4) is 6.07 Å². The van der Waals surface area contributed by atoms with E-state index in [2.05, 4.69) is 10.3 Å². The fourth-order valence-corrected chi connectivity index (χ4v) is 1.37. The Morgan fingerprint density at radius 3 is 2.61 bits per heavy atom. The summed E-state index contributed by atoms with van der Waals surface area (Å²) in [5, 5.41) is 11.2. The molecule has 0 aliphatic rings. The maximum absolute atomic E-state index is 12.9. The van der Waals surface area contributed by atoms with Crippen molar-refractivity contribution in [1.29, 1.82) is 5.26 Å². The molecule has 4 nitrogen and oxygen atoms in total. The van der Waals surface area contributed by atoms with Crippen LogP contribution in [0.5, 0.6) is 0 Å². The highest BCUT2D eigenvalue weighted by molar-refractivity contribution is 6.04. The molecule has 88 valence electrons. The third kappa shape index (κ3) is 2.68. The van der Waals surface area contributed by atoms with E-state index in [9.17, 15) is 9.18 Å². The van der Waals surface area contributed by atoms with E-state index in [0.29, 0.717) is 11.3 Å². The molecule has 5 heteroatoms. The SMILES string of the molecule is N#Cc1ccc(NC(=O)c2cncc(F)c2)cc1. The number of halogens is 1. The van der Waals surface area contributed by atoms with Crippen LogP contribution < -0.4 is 5.32 Å². The van der Waals surface area contributed by atoms with Crippen LogP contribution in [-0.4, -0.2) is 10.9 Å². The molecule has 0 fully saturated rings. The third-order valence-electron chi connectivity index (χ3n) is 2.24. The Labute approximate surface area is 103 Å². The number of pyridine rings is 1. The number of nitrogens with zero attached hydrogens (tertiary/aromatic N) is 2. The van der Waals surface area contributed by atoms with Crippen LogP contribution in [0.1, 0.15) is 15.9 Å². The maximum Gasteiger partial charge on any atom is 0.257 e. The van der Waals surface area contributed by atoms with Crippen molar-refractivity contribution < 1.29 is 9.18 Å². The molecule has 1 amide bonds. The van der Waals surface area contributed by atoms with Crippen LogP contribution in [0.2, 0.25) is 0 Å². The average molecular weight is 241 g/mol. The Balaban J connectivity index is 2.14. The molecule has 1 aromatic heterocycles. The van der Waals surface area contributed by atoms with Crippen LogP contribution in [0.25, 0.3) is 0 Å². The topological polar surface area (TPSA) is 65.8 Å². The lowest BCUT2D eigenvalue weighted by Crippen LogP contribution is -2.12. The van der Waals surface area contributed by atoms with Crippen molar-refractivity contribution in [3.63, 3.8) is 0 Å². The third-order valence-corrected chi connectivity index (χ3v) is 2.24. The molecule has 0 bridgehead atoms. The van der Waals surface area contributed by atoms with Crippen molar-refractivity contribution >= 4 is 11.6 Å². The minimum Gasteiger partial charge on any atom is -0.322 e. The van der Waals surface area contributed by atoms with Gasteiger partial charge in [0.05, 0.1) is 23.4 Å². The van der Waals surface area contributed by atoms with Gasteiger partial charge in [-0.1, -0.05) is 0 Å². The molecule has 1 heterocycles. The number of hydrogen-bond acceptors (Lipinski definition) is 3. The van der Waals surface area contributed by atoms with Crippen LogP contribution in [0, 0.1) is 17.1 Å². The lowest BCUT2D eigenvalue weighted by molar-refractivity contribution is 0.102. The molecule has 0 aliphatic heterocycles. The van der Waals surface area contributed by atoms with Gasteiger partial charge in [0.15, 0.2) is 0 Å². The molecule has 0 spiro atoms. The van der Waals surface area contributed by atoms with E-state index in [1.807, 2.05) is 6.07 Å². The van der Waals surface area contributed by atoms with Gasteiger partial charge in [0, 0.05) is 11.9 Å². The molecule has 1 aromatic carbocycles. The van der Waals surface area contributed by atoms with Crippen molar-refractivity contribution in [2.75, 3.05) is 5.32 Å². The molecule has 2 rings (SSSR count). The van der Waals surface area contributed by atoms with E-state index in [0.717, 1.165) is 12.3 Å². The van der Waals surface area contributed by atoms with Gasteiger partial charge in [-0.25, -0.2) is 4.39 Å². The normalized spacial score (nSPS) is 9.56. The largest absolute Gasteiger partial charge is 0.322 e. The first-order chi connectivity index (χ1) is 8.69. The Kier molecular flexibility index (Phi) is 3.30. The highest BCUT2D eigenvalue weighted by atomic mass is 19.1. The lowest BCUT2D eigenvalue weighted by atomic mass is 10.2. The van der Waals surface area contributed by atoms with Crippen LogP contribution in [-0.2, 0) is 0 Å². The number of nitriles is 1. The summed E-state index contributed by atoms with van der Waals surface area (Å²) >= 11 is 0. The van der Waals surface area contributed by atoms with Crippen LogP contribution in [0.15, 0.2) is 42.7 Å². The quantitative estimate of drug-likeness (QED) is 0.877. The number of aromatic nitrogens is 1. The summed E-state index contributed by atoms with van der Waals surface area (Å²) in [4.78, 5) is 15.3. The zero-order valence-electron chi connectivity index (χ0n) is 9.22. The summed E-state index contributed by atoms with van der Waals surface area (Å²) in [5.41, 5.74) is 1.17. The van der Waals surface area contributed by atoms with E-state index in [4.69, 9.17) is 5.26 Å². The second-order valence-electron chi connectivity index (χ2n) is 3.54. The van der Waals surface area contributed by atoms with Crippen molar-refractivity contribution in [1.82, 2.24) is 4.98 Å². The van der Waals surface area contributed by atoms with Gasteiger partial charge in [-0.15, -0.1) is 0 Å². The number of hydrogen-bond donors (Lipinski definition) is 1.